The molecule has 0 aromatic carbocycles. The first-order chi connectivity index (χ1) is 9.05. The molecule has 1 aromatic rings. The van der Waals surface area contributed by atoms with Crippen LogP contribution in [0.15, 0.2) is 28.6 Å². The van der Waals surface area contributed by atoms with Gasteiger partial charge >= 0.3 is 6.03 Å². The van der Waals surface area contributed by atoms with Crippen LogP contribution in [0.3, 0.4) is 0 Å². The maximum atomic E-state index is 11.6. The molecule has 0 atom stereocenters. The van der Waals surface area contributed by atoms with Crippen LogP contribution in [0.25, 0.3) is 0 Å². The minimum atomic E-state index is -0.498. The van der Waals surface area contributed by atoms with Crippen molar-refractivity contribution in [1.82, 2.24) is 15.5 Å². The Bertz CT molecular complexity index is 462. The monoisotopic (exact) mass is 345 g/mol. The lowest BCUT2D eigenvalue weighted by Crippen LogP contribution is -2.43. The number of urea groups is 1. The Morgan fingerprint density at radius 3 is 2.79 bits per heavy atom. The fourth-order valence-corrected chi connectivity index (χ4v) is 2.98. The van der Waals surface area contributed by atoms with Gasteiger partial charge in [0, 0.05) is 25.0 Å². The molecule has 3 amide bonds. The Kier molecular flexibility index (Phi) is 6.75. The van der Waals surface area contributed by atoms with Gasteiger partial charge in [-0.2, -0.15) is 0 Å². The molecular formula is C12H16BrN3O2S. The first-order valence-electron chi connectivity index (χ1n) is 5.64. The number of carbonyl (C=O) groups is 2. The normalized spacial score (nSPS) is 10.3. The minimum Gasteiger partial charge on any atom is -0.341 e. The minimum absolute atomic E-state index is 0.148. The third-order valence-electron chi connectivity index (χ3n) is 2.24. The Morgan fingerprint density at radius 1 is 1.53 bits per heavy atom. The number of nitrogens with zero attached hydrogens (tertiary/aromatic N) is 1. The average molecular weight is 346 g/mol. The summed E-state index contributed by atoms with van der Waals surface area (Å²) in [5.74, 6) is -0.336. The molecule has 1 rings (SSSR count). The van der Waals surface area contributed by atoms with Gasteiger partial charge in [-0.1, -0.05) is 6.08 Å². The lowest BCUT2D eigenvalue weighted by Gasteiger charge is -2.18. The van der Waals surface area contributed by atoms with E-state index in [1.807, 2.05) is 17.0 Å². The van der Waals surface area contributed by atoms with Gasteiger partial charge in [0.05, 0.1) is 10.3 Å². The van der Waals surface area contributed by atoms with E-state index in [0.717, 1.165) is 8.66 Å². The van der Waals surface area contributed by atoms with Crippen LogP contribution < -0.4 is 10.6 Å². The maximum Gasteiger partial charge on any atom is 0.321 e. The molecule has 0 unspecified atom stereocenters. The van der Waals surface area contributed by atoms with E-state index < -0.39 is 6.03 Å². The molecule has 0 radical (unpaired) electrons. The summed E-state index contributed by atoms with van der Waals surface area (Å²) in [6.45, 7) is 5.04. The van der Waals surface area contributed by atoms with Gasteiger partial charge in [0.2, 0.25) is 5.91 Å². The van der Waals surface area contributed by atoms with Crippen LogP contribution in [-0.2, 0) is 11.3 Å². The molecule has 5 nitrogen and oxygen atoms in total. The predicted molar refractivity (Wildman–Crippen MR) is 80.1 cm³/mol. The number of carbonyl (C=O) groups excluding carboxylic acids is 2. The molecule has 19 heavy (non-hydrogen) atoms. The zero-order valence-electron chi connectivity index (χ0n) is 10.6. The summed E-state index contributed by atoms with van der Waals surface area (Å²) in [5, 5.41) is 4.58. The standard InChI is InChI=1S/C12H16BrN3O2S/c1-3-6-16(7-9-4-5-10(13)19-9)8-11(17)15-12(18)14-2/h3-5H,1,6-8H2,2H3,(H2,14,15,17,18). The van der Waals surface area contributed by atoms with Crippen molar-refractivity contribution >= 4 is 39.2 Å². The molecule has 0 aliphatic carbocycles. The molecule has 0 bridgehead atoms. The number of imide groups is 1. The molecule has 0 aliphatic rings. The smallest absolute Gasteiger partial charge is 0.321 e. The number of hydrogen-bond acceptors (Lipinski definition) is 4. The van der Waals surface area contributed by atoms with Gasteiger partial charge < -0.3 is 5.32 Å². The molecule has 0 saturated carbocycles. The lowest BCUT2D eigenvalue weighted by molar-refractivity contribution is -0.121. The summed E-state index contributed by atoms with van der Waals surface area (Å²) in [4.78, 5) is 25.7. The van der Waals surface area contributed by atoms with Crippen LogP contribution in [0.4, 0.5) is 4.79 Å². The third-order valence-corrected chi connectivity index (χ3v) is 3.85. The van der Waals surface area contributed by atoms with Crippen molar-refractivity contribution in [3.8, 4) is 0 Å². The number of amides is 3. The van der Waals surface area contributed by atoms with E-state index in [1.165, 1.54) is 7.05 Å². The zero-order chi connectivity index (χ0) is 14.3. The van der Waals surface area contributed by atoms with Crippen LogP contribution in [0.5, 0.6) is 0 Å². The highest BCUT2D eigenvalue weighted by molar-refractivity contribution is 9.11. The van der Waals surface area contributed by atoms with Gasteiger partial charge in [-0.25, -0.2) is 4.79 Å². The van der Waals surface area contributed by atoms with Crippen molar-refractivity contribution in [2.75, 3.05) is 20.1 Å². The fraction of sp³-hybridized carbons (Fsp3) is 0.333. The van der Waals surface area contributed by atoms with Crippen molar-refractivity contribution in [3.63, 3.8) is 0 Å². The highest BCUT2D eigenvalue weighted by atomic mass is 79.9. The Balaban J connectivity index is 2.54. The van der Waals surface area contributed by atoms with E-state index >= 15 is 0 Å². The second-order valence-corrected chi connectivity index (χ2v) is 6.34. The Labute approximate surface area is 124 Å². The van der Waals surface area contributed by atoms with Gasteiger partial charge in [-0.15, -0.1) is 17.9 Å². The highest BCUT2D eigenvalue weighted by Gasteiger charge is 2.13. The average Bonchev–Trinajstić information content (AvgIpc) is 2.74. The molecular weight excluding hydrogens is 330 g/mol. The van der Waals surface area contributed by atoms with Gasteiger partial charge in [-0.3, -0.25) is 15.0 Å². The first kappa shape index (κ1) is 15.9. The number of hydrogen-bond donors (Lipinski definition) is 2. The van der Waals surface area contributed by atoms with Crippen molar-refractivity contribution in [1.29, 1.82) is 0 Å². The summed E-state index contributed by atoms with van der Waals surface area (Å²) in [6.07, 6.45) is 1.73. The Morgan fingerprint density at radius 2 is 2.26 bits per heavy atom. The molecule has 2 N–H and O–H groups in total. The van der Waals surface area contributed by atoms with Gasteiger partial charge in [0.1, 0.15) is 0 Å². The molecule has 0 saturated heterocycles. The number of rotatable bonds is 6. The summed E-state index contributed by atoms with van der Waals surface area (Å²) in [5.41, 5.74) is 0. The van der Waals surface area contributed by atoms with Crippen LogP contribution in [-0.4, -0.2) is 37.0 Å². The predicted octanol–water partition coefficient (Wildman–Crippen LogP) is 1.95. The molecule has 0 aliphatic heterocycles. The first-order valence-corrected chi connectivity index (χ1v) is 7.25. The fourth-order valence-electron chi connectivity index (χ4n) is 1.46. The van der Waals surface area contributed by atoms with Crippen molar-refractivity contribution in [2.45, 2.75) is 6.54 Å². The van der Waals surface area contributed by atoms with Crippen molar-refractivity contribution in [3.05, 3.63) is 33.5 Å². The number of thiophene rings is 1. The molecule has 0 fully saturated rings. The summed E-state index contributed by atoms with van der Waals surface area (Å²) in [7, 11) is 1.47. The SMILES string of the molecule is C=CCN(CC(=O)NC(=O)NC)Cc1ccc(Br)s1. The summed E-state index contributed by atoms with van der Waals surface area (Å²) in [6, 6.07) is 3.47. The second kappa shape index (κ2) is 8.08. The van der Waals surface area contributed by atoms with E-state index in [0.29, 0.717) is 13.1 Å². The third kappa shape index (κ3) is 6.00. The zero-order valence-corrected chi connectivity index (χ0v) is 13.0. The van der Waals surface area contributed by atoms with E-state index in [9.17, 15) is 9.59 Å². The largest absolute Gasteiger partial charge is 0.341 e. The van der Waals surface area contributed by atoms with E-state index in [1.54, 1.807) is 17.4 Å². The molecule has 7 heteroatoms. The van der Waals surface area contributed by atoms with Crippen molar-refractivity contribution in [2.24, 2.45) is 0 Å². The van der Waals surface area contributed by atoms with E-state index in [2.05, 4.69) is 33.1 Å². The van der Waals surface area contributed by atoms with Gasteiger partial charge in [-0.05, 0) is 28.1 Å². The van der Waals surface area contributed by atoms with Crippen LogP contribution in [0.2, 0.25) is 0 Å². The Hall–Kier alpha value is -1.18. The van der Waals surface area contributed by atoms with Crippen LogP contribution in [0, 0.1) is 0 Å². The number of halogens is 1. The van der Waals surface area contributed by atoms with Crippen LogP contribution >= 0.6 is 27.3 Å². The maximum absolute atomic E-state index is 11.6. The molecule has 104 valence electrons. The molecule has 1 heterocycles. The van der Waals surface area contributed by atoms with Crippen molar-refractivity contribution < 1.29 is 9.59 Å². The second-order valence-electron chi connectivity index (χ2n) is 3.79. The summed E-state index contributed by atoms with van der Waals surface area (Å²) >= 11 is 5.02. The molecule has 1 aromatic heterocycles. The van der Waals surface area contributed by atoms with Crippen LogP contribution in [0.1, 0.15) is 4.88 Å². The van der Waals surface area contributed by atoms with E-state index in [-0.39, 0.29) is 12.5 Å². The highest BCUT2D eigenvalue weighted by Crippen LogP contribution is 2.23. The summed E-state index contributed by atoms with van der Waals surface area (Å²) < 4.78 is 1.05. The quantitative estimate of drug-likeness (QED) is 0.774. The van der Waals surface area contributed by atoms with Gasteiger partial charge in [0.15, 0.2) is 0 Å². The lowest BCUT2D eigenvalue weighted by atomic mass is 10.3. The topological polar surface area (TPSA) is 61.4 Å². The number of nitrogens with one attached hydrogen (secondary N) is 2. The molecule has 0 spiro atoms. The van der Waals surface area contributed by atoms with Gasteiger partial charge in [0.25, 0.3) is 0 Å². The van der Waals surface area contributed by atoms with E-state index in [4.69, 9.17) is 0 Å².